The number of para-hydroxylation sites is 1. The third-order valence-corrected chi connectivity index (χ3v) is 8.39. The zero-order chi connectivity index (χ0) is 21.0. The van der Waals surface area contributed by atoms with E-state index in [2.05, 4.69) is 23.8 Å². The number of hydrogen-bond donors (Lipinski definition) is 2. The van der Waals surface area contributed by atoms with E-state index in [1.807, 2.05) is 18.2 Å². The number of hydrogen-bond acceptors (Lipinski definition) is 4. The predicted molar refractivity (Wildman–Crippen MR) is 116 cm³/mol. The Morgan fingerprint density at radius 2 is 1.97 bits per heavy atom. The van der Waals surface area contributed by atoms with Crippen LogP contribution in [0, 0.1) is 11.8 Å². The van der Waals surface area contributed by atoms with Crippen LogP contribution in [0.5, 0.6) is 0 Å². The van der Waals surface area contributed by atoms with Crippen molar-refractivity contribution < 1.29 is 19.7 Å². The molecule has 1 saturated carbocycles. The van der Waals surface area contributed by atoms with Crippen molar-refractivity contribution in [2.45, 2.75) is 63.1 Å². The molecule has 3 aliphatic heterocycles. The van der Waals surface area contributed by atoms with Gasteiger partial charge in [0.25, 0.3) is 5.91 Å². The Kier molecular flexibility index (Phi) is 4.93. The fraction of sp³-hybridized carbons (Fsp3) is 0.609. The van der Waals surface area contributed by atoms with Gasteiger partial charge in [-0.1, -0.05) is 38.0 Å². The van der Waals surface area contributed by atoms with Gasteiger partial charge in [-0.3, -0.25) is 19.3 Å². The average Bonchev–Trinajstić information content (AvgIpc) is 3.48. The van der Waals surface area contributed by atoms with Crippen molar-refractivity contribution in [3.8, 4) is 0 Å². The maximum absolute atomic E-state index is 13.8. The van der Waals surface area contributed by atoms with Gasteiger partial charge in [0.15, 0.2) is 0 Å². The first kappa shape index (κ1) is 20.1. The molecule has 7 heteroatoms. The van der Waals surface area contributed by atoms with Crippen molar-refractivity contribution in [1.82, 2.24) is 4.90 Å². The van der Waals surface area contributed by atoms with E-state index in [1.165, 1.54) is 0 Å². The second-order valence-corrected chi connectivity index (χ2v) is 10.1. The van der Waals surface area contributed by atoms with Crippen molar-refractivity contribution in [1.29, 1.82) is 0 Å². The quantitative estimate of drug-likeness (QED) is 0.699. The normalized spacial score (nSPS) is 32.9. The number of amides is 3. The lowest BCUT2D eigenvalue weighted by atomic mass is 9.76. The minimum atomic E-state index is -1.02. The number of rotatable bonds is 5. The van der Waals surface area contributed by atoms with Gasteiger partial charge in [-0.2, -0.15) is 11.8 Å². The fourth-order valence-corrected chi connectivity index (χ4v) is 6.92. The first-order chi connectivity index (χ1) is 14.5. The van der Waals surface area contributed by atoms with E-state index in [9.17, 15) is 14.4 Å². The van der Waals surface area contributed by atoms with E-state index >= 15 is 0 Å². The molecule has 3 fully saturated rings. The molecule has 3 amide bonds. The van der Waals surface area contributed by atoms with Crippen molar-refractivity contribution in [2.75, 3.05) is 17.3 Å². The van der Waals surface area contributed by atoms with E-state index in [-0.39, 0.29) is 29.8 Å². The van der Waals surface area contributed by atoms with Gasteiger partial charge in [0.05, 0.1) is 5.69 Å². The first-order valence-electron chi connectivity index (χ1n) is 11.2. The fourth-order valence-electron chi connectivity index (χ4n) is 6.41. The maximum atomic E-state index is 13.8. The average molecular weight is 429 g/mol. The van der Waals surface area contributed by atoms with Crippen molar-refractivity contribution in [3.05, 3.63) is 29.3 Å². The molecule has 1 aromatic carbocycles. The SMILES string of the molecule is CCc1cccc2c1NC(=O)[C@]21[NH2+][C@H](CCSC)[C@H]2C(=O)N(C3CCCC3)C(=O)[C@H]21. The van der Waals surface area contributed by atoms with Crippen LogP contribution in [-0.4, -0.2) is 46.7 Å². The summed E-state index contributed by atoms with van der Waals surface area (Å²) in [6, 6.07) is 5.95. The number of thioether (sulfide) groups is 1. The molecule has 1 aromatic rings. The molecule has 30 heavy (non-hydrogen) atoms. The van der Waals surface area contributed by atoms with Crippen LogP contribution in [-0.2, 0) is 26.3 Å². The second kappa shape index (κ2) is 7.38. The largest absolute Gasteiger partial charge is 0.326 e. The van der Waals surface area contributed by atoms with Gasteiger partial charge in [0.2, 0.25) is 17.4 Å². The molecule has 4 aliphatic rings. The minimum Gasteiger partial charge on any atom is -0.326 e. The van der Waals surface area contributed by atoms with E-state index < -0.39 is 17.4 Å². The highest BCUT2D eigenvalue weighted by molar-refractivity contribution is 7.98. The number of nitrogens with two attached hydrogens (primary N) is 1. The van der Waals surface area contributed by atoms with E-state index in [4.69, 9.17) is 0 Å². The molecule has 5 rings (SSSR count). The summed E-state index contributed by atoms with van der Waals surface area (Å²) in [6.07, 6.45) is 7.60. The third kappa shape index (κ3) is 2.57. The van der Waals surface area contributed by atoms with Gasteiger partial charge < -0.3 is 10.6 Å². The number of nitrogens with one attached hydrogen (secondary N) is 1. The molecule has 3 heterocycles. The Morgan fingerprint density at radius 3 is 2.67 bits per heavy atom. The highest BCUT2D eigenvalue weighted by Crippen LogP contribution is 2.51. The van der Waals surface area contributed by atoms with Crippen molar-refractivity contribution in [2.24, 2.45) is 11.8 Å². The summed E-state index contributed by atoms with van der Waals surface area (Å²) in [5.74, 6) is -0.393. The summed E-state index contributed by atoms with van der Waals surface area (Å²) in [4.78, 5) is 42.5. The number of anilines is 1. The monoisotopic (exact) mass is 428 g/mol. The smallest absolute Gasteiger partial charge is 0.291 e. The van der Waals surface area contributed by atoms with Gasteiger partial charge in [0.1, 0.15) is 17.9 Å². The van der Waals surface area contributed by atoms with Crippen molar-refractivity contribution in [3.63, 3.8) is 0 Å². The number of carbonyl (C=O) groups is 3. The van der Waals surface area contributed by atoms with Gasteiger partial charge in [-0.05, 0) is 36.8 Å². The number of imide groups is 1. The Morgan fingerprint density at radius 1 is 1.20 bits per heavy atom. The number of benzene rings is 1. The zero-order valence-corrected chi connectivity index (χ0v) is 18.5. The third-order valence-electron chi connectivity index (χ3n) is 7.75. The molecule has 3 N–H and O–H groups in total. The number of carbonyl (C=O) groups excluding carboxylic acids is 3. The number of nitrogens with zero attached hydrogens (tertiary/aromatic N) is 1. The maximum Gasteiger partial charge on any atom is 0.291 e. The van der Waals surface area contributed by atoms with Gasteiger partial charge >= 0.3 is 0 Å². The van der Waals surface area contributed by atoms with Crippen LogP contribution in [0.1, 0.15) is 50.2 Å². The minimum absolute atomic E-state index is 0.0137. The molecule has 0 aromatic heterocycles. The number of likely N-dealkylation sites (tertiary alicyclic amines) is 1. The molecular weight excluding hydrogens is 398 g/mol. The van der Waals surface area contributed by atoms with E-state index in [0.717, 1.165) is 61.1 Å². The molecule has 160 valence electrons. The van der Waals surface area contributed by atoms with Crippen LogP contribution >= 0.6 is 11.8 Å². The summed E-state index contributed by atoms with van der Waals surface area (Å²) in [6.45, 7) is 2.07. The summed E-state index contributed by atoms with van der Waals surface area (Å²) >= 11 is 1.74. The Hall–Kier alpha value is -1.86. The molecule has 1 aliphatic carbocycles. The first-order valence-corrected chi connectivity index (χ1v) is 12.6. The topological polar surface area (TPSA) is 83.1 Å². The van der Waals surface area contributed by atoms with Gasteiger partial charge in [-0.25, -0.2) is 0 Å². The predicted octanol–water partition coefficient (Wildman–Crippen LogP) is 1.64. The molecule has 0 radical (unpaired) electrons. The molecule has 6 nitrogen and oxygen atoms in total. The summed E-state index contributed by atoms with van der Waals surface area (Å²) in [7, 11) is 0. The van der Waals surface area contributed by atoms with Gasteiger partial charge in [0, 0.05) is 18.0 Å². The second-order valence-electron chi connectivity index (χ2n) is 9.12. The lowest BCUT2D eigenvalue weighted by Crippen LogP contribution is -2.99. The van der Waals surface area contributed by atoms with Crippen LogP contribution in [0.15, 0.2) is 18.2 Å². The van der Waals surface area contributed by atoms with Crippen LogP contribution in [0.25, 0.3) is 0 Å². The highest BCUT2D eigenvalue weighted by Gasteiger charge is 2.74. The number of fused-ring (bicyclic) bond motifs is 4. The molecule has 0 bridgehead atoms. The van der Waals surface area contributed by atoms with Crippen molar-refractivity contribution >= 4 is 35.2 Å². The zero-order valence-electron chi connectivity index (χ0n) is 17.6. The molecule has 1 spiro atoms. The molecule has 4 atom stereocenters. The Balaban J connectivity index is 1.63. The van der Waals surface area contributed by atoms with Crippen LogP contribution < -0.4 is 10.6 Å². The van der Waals surface area contributed by atoms with Gasteiger partial charge in [-0.15, -0.1) is 0 Å². The molecule has 0 unspecified atom stereocenters. The van der Waals surface area contributed by atoms with Crippen LogP contribution in [0.4, 0.5) is 5.69 Å². The summed E-state index contributed by atoms with van der Waals surface area (Å²) < 4.78 is 0. The van der Waals surface area contributed by atoms with Crippen LogP contribution in [0.3, 0.4) is 0 Å². The number of aryl methyl sites for hydroxylation is 1. The number of quaternary nitrogens is 1. The van der Waals surface area contributed by atoms with E-state index in [1.54, 1.807) is 16.7 Å². The summed E-state index contributed by atoms with van der Waals surface area (Å²) in [5.41, 5.74) is 1.81. The summed E-state index contributed by atoms with van der Waals surface area (Å²) in [5, 5.41) is 5.17. The lowest BCUT2D eigenvalue weighted by Gasteiger charge is -2.28. The molecule has 2 saturated heterocycles. The Labute approximate surface area is 181 Å². The molecular formula is C23H30N3O3S+. The highest BCUT2D eigenvalue weighted by atomic mass is 32.2. The lowest BCUT2D eigenvalue weighted by molar-refractivity contribution is -0.733. The van der Waals surface area contributed by atoms with Crippen LogP contribution in [0.2, 0.25) is 0 Å². The van der Waals surface area contributed by atoms with E-state index in [0.29, 0.717) is 0 Å². The standard InChI is InChI=1S/C23H29N3O3S/c1-3-13-7-6-10-15-19(13)24-22(29)23(15)18-17(16(25-23)11-12-30-2)20(27)26(21(18)28)14-8-4-5-9-14/h6-7,10,14,16-18,25H,3-5,8-9,11-12H2,1-2H3,(H,24,29)/p+1/t16-,17-,18+,23+/m1/s1. The Bertz CT molecular complexity index is 913.